The maximum atomic E-state index is 11.9. The van der Waals surface area contributed by atoms with Crippen LogP contribution in [0.5, 0.6) is 0 Å². The molecule has 1 heterocycles. The lowest BCUT2D eigenvalue weighted by Gasteiger charge is -2.29. The van der Waals surface area contributed by atoms with Crippen LogP contribution in [0.2, 0.25) is 0 Å². The monoisotopic (exact) mass is 291 g/mol. The van der Waals surface area contributed by atoms with Crippen molar-refractivity contribution in [3.63, 3.8) is 0 Å². The van der Waals surface area contributed by atoms with Crippen molar-refractivity contribution in [2.45, 2.75) is 12.8 Å². The lowest BCUT2D eigenvalue weighted by atomic mass is 9.99. The van der Waals surface area contributed by atoms with Gasteiger partial charge in [-0.2, -0.15) is 0 Å². The van der Waals surface area contributed by atoms with Crippen molar-refractivity contribution >= 4 is 17.7 Å². The molecule has 1 fully saturated rings. The number of carbonyl (C=O) groups excluding carboxylic acids is 1. The second kappa shape index (κ2) is 7.08. The van der Waals surface area contributed by atoms with E-state index in [1.165, 1.54) is 6.07 Å². The van der Waals surface area contributed by atoms with Gasteiger partial charge in [-0.3, -0.25) is 0 Å². The third-order valence-electron chi connectivity index (χ3n) is 3.68. The predicted molar refractivity (Wildman–Crippen MR) is 80.6 cm³/mol. The van der Waals surface area contributed by atoms with Crippen molar-refractivity contribution in [1.82, 2.24) is 10.2 Å². The molecular formula is C15H21N3O3. The number of rotatable bonds is 4. The normalized spacial score (nSPS) is 19.0. The Bertz CT molecular complexity index is 519. The van der Waals surface area contributed by atoms with Crippen molar-refractivity contribution in [1.29, 1.82) is 0 Å². The molecule has 0 bridgehead atoms. The minimum atomic E-state index is -1.06. The molecule has 1 aliphatic rings. The van der Waals surface area contributed by atoms with Gasteiger partial charge in [0.05, 0.1) is 11.3 Å². The highest BCUT2D eigenvalue weighted by Crippen LogP contribution is 2.16. The number of para-hydroxylation sites is 1. The van der Waals surface area contributed by atoms with E-state index in [2.05, 4.69) is 22.6 Å². The van der Waals surface area contributed by atoms with Crippen LogP contribution in [-0.4, -0.2) is 48.7 Å². The van der Waals surface area contributed by atoms with E-state index in [0.717, 1.165) is 25.9 Å². The van der Waals surface area contributed by atoms with Gasteiger partial charge < -0.3 is 20.6 Å². The molecule has 1 aromatic rings. The summed E-state index contributed by atoms with van der Waals surface area (Å²) in [6, 6.07) is 6.01. The summed E-state index contributed by atoms with van der Waals surface area (Å²) in [4.78, 5) is 25.2. The number of aromatic carboxylic acids is 1. The predicted octanol–water partition coefficient (Wildman–Crippen LogP) is 1.85. The Morgan fingerprint density at radius 2 is 2.14 bits per heavy atom. The SMILES string of the molecule is CN1CCCC(CNC(=O)Nc2ccccc2C(=O)O)C1. The molecule has 6 nitrogen and oxygen atoms in total. The van der Waals surface area contributed by atoms with Crippen molar-refractivity contribution in [3.8, 4) is 0 Å². The quantitative estimate of drug-likeness (QED) is 0.790. The van der Waals surface area contributed by atoms with Gasteiger partial charge in [-0.15, -0.1) is 0 Å². The summed E-state index contributed by atoms with van der Waals surface area (Å²) in [5.74, 6) is -0.607. The summed E-state index contributed by atoms with van der Waals surface area (Å²) in [5, 5.41) is 14.5. The fraction of sp³-hybridized carbons (Fsp3) is 0.467. The number of amides is 2. The summed E-state index contributed by atoms with van der Waals surface area (Å²) in [6.07, 6.45) is 2.25. The summed E-state index contributed by atoms with van der Waals surface area (Å²) >= 11 is 0. The molecule has 1 saturated heterocycles. The zero-order valence-electron chi connectivity index (χ0n) is 12.1. The molecule has 2 rings (SSSR count). The third kappa shape index (κ3) is 4.46. The molecule has 0 aliphatic carbocycles. The highest BCUT2D eigenvalue weighted by atomic mass is 16.4. The molecule has 6 heteroatoms. The van der Waals surface area contributed by atoms with Crippen LogP contribution in [-0.2, 0) is 0 Å². The zero-order chi connectivity index (χ0) is 15.2. The number of nitrogens with one attached hydrogen (secondary N) is 2. The number of benzene rings is 1. The topological polar surface area (TPSA) is 81.7 Å². The standard InChI is InChI=1S/C15H21N3O3/c1-18-8-4-5-11(10-18)9-16-15(21)17-13-7-3-2-6-12(13)14(19)20/h2-3,6-7,11H,4-5,8-10H2,1H3,(H,19,20)(H2,16,17,21). The fourth-order valence-corrected chi connectivity index (χ4v) is 2.62. The maximum Gasteiger partial charge on any atom is 0.337 e. The van der Waals surface area contributed by atoms with E-state index < -0.39 is 5.97 Å². The Morgan fingerprint density at radius 3 is 2.86 bits per heavy atom. The van der Waals surface area contributed by atoms with Crippen LogP contribution in [0.1, 0.15) is 23.2 Å². The van der Waals surface area contributed by atoms with Crippen LogP contribution >= 0.6 is 0 Å². The van der Waals surface area contributed by atoms with Crippen LogP contribution < -0.4 is 10.6 Å². The molecule has 0 radical (unpaired) electrons. The van der Waals surface area contributed by atoms with Gasteiger partial charge in [0.1, 0.15) is 0 Å². The van der Waals surface area contributed by atoms with E-state index in [4.69, 9.17) is 5.11 Å². The summed E-state index contributed by atoms with van der Waals surface area (Å²) in [7, 11) is 2.08. The van der Waals surface area contributed by atoms with Crippen LogP contribution in [0.3, 0.4) is 0 Å². The number of carboxylic acids is 1. The molecule has 21 heavy (non-hydrogen) atoms. The van der Waals surface area contributed by atoms with Gasteiger partial charge in [0.25, 0.3) is 0 Å². The van der Waals surface area contributed by atoms with Crippen molar-refractivity contribution in [3.05, 3.63) is 29.8 Å². The number of anilines is 1. The number of hydrogen-bond acceptors (Lipinski definition) is 3. The van der Waals surface area contributed by atoms with E-state index in [-0.39, 0.29) is 11.6 Å². The molecule has 1 atom stereocenters. The van der Waals surface area contributed by atoms with Gasteiger partial charge in [0.15, 0.2) is 0 Å². The number of carboxylic acid groups (broad SMARTS) is 1. The third-order valence-corrected chi connectivity index (χ3v) is 3.68. The highest BCUT2D eigenvalue weighted by Gasteiger charge is 2.18. The molecular weight excluding hydrogens is 270 g/mol. The average Bonchev–Trinajstić information content (AvgIpc) is 2.45. The zero-order valence-corrected chi connectivity index (χ0v) is 12.1. The molecule has 114 valence electrons. The summed E-state index contributed by atoms with van der Waals surface area (Å²) in [6.45, 7) is 2.69. The second-order valence-electron chi connectivity index (χ2n) is 5.46. The molecule has 1 unspecified atom stereocenters. The minimum Gasteiger partial charge on any atom is -0.478 e. The Labute approximate surface area is 124 Å². The van der Waals surface area contributed by atoms with E-state index in [0.29, 0.717) is 18.2 Å². The summed E-state index contributed by atoms with van der Waals surface area (Å²) in [5.41, 5.74) is 0.397. The molecule has 0 aromatic heterocycles. The minimum absolute atomic E-state index is 0.0880. The van der Waals surface area contributed by atoms with Gasteiger partial charge in [-0.1, -0.05) is 12.1 Å². The first kappa shape index (κ1) is 15.3. The Kier molecular flexibility index (Phi) is 5.16. The average molecular weight is 291 g/mol. The Balaban J connectivity index is 1.86. The van der Waals surface area contributed by atoms with Crippen molar-refractivity contribution in [2.24, 2.45) is 5.92 Å². The Morgan fingerprint density at radius 1 is 1.38 bits per heavy atom. The molecule has 1 aliphatic heterocycles. The number of hydrogen-bond donors (Lipinski definition) is 3. The van der Waals surface area contributed by atoms with Crippen molar-refractivity contribution < 1.29 is 14.7 Å². The molecule has 0 spiro atoms. The van der Waals surface area contributed by atoms with Crippen LogP contribution in [0.4, 0.5) is 10.5 Å². The first-order valence-corrected chi connectivity index (χ1v) is 7.12. The summed E-state index contributed by atoms with van der Waals surface area (Å²) < 4.78 is 0. The van der Waals surface area contributed by atoms with E-state index >= 15 is 0 Å². The maximum absolute atomic E-state index is 11.9. The van der Waals surface area contributed by atoms with Crippen LogP contribution in [0.25, 0.3) is 0 Å². The van der Waals surface area contributed by atoms with Crippen LogP contribution in [0, 0.1) is 5.92 Å². The fourth-order valence-electron chi connectivity index (χ4n) is 2.62. The highest BCUT2D eigenvalue weighted by molar-refractivity contribution is 5.99. The molecule has 2 amide bonds. The van der Waals surface area contributed by atoms with Gasteiger partial charge in [-0.05, 0) is 44.5 Å². The van der Waals surface area contributed by atoms with Gasteiger partial charge in [-0.25, -0.2) is 9.59 Å². The first-order chi connectivity index (χ1) is 10.1. The molecule has 3 N–H and O–H groups in total. The van der Waals surface area contributed by atoms with E-state index in [1.54, 1.807) is 18.2 Å². The van der Waals surface area contributed by atoms with Crippen LogP contribution in [0.15, 0.2) is 24.3 Å². The van der Waals surface area contributed by atoms with E-state index in [1.807, 2.05) is 0 Å². The molecule has 0 saturated carbocycles. The van der Waals surface area contributed by atoms with Gasteiger partial charge in [0, 0.05) is 13.1 Å². The first-order valence-electron chi connectivity index (χ1n) is 7.12. The van der Waals surface area contributed by atoms with Gasteiger partial charge in [0.2, 0.25) is 0 Å². The van der Waals surface area contributed by atoms with E-state index in [9.17, 15) is 9.59 Å². The Hall–Kier alpha value is -2.08. The number of carbonyl (C=O) groups is 2. The van der Waals surface area contributed by atoms with Crippen molar-refractivity contribution in [2.75, 3.05) is 32.0 Å². The van der Waals surface area contributed by atoms with Gasteiger partial charge >= 0.3 is 12.0 Å². The molecule has 1 aromatic carbocycles. The number of piperidine rings is 1. The smallest absolute Gasteiger partial charge is 0.337 e. The number of urea groups is 1. The largest absolute Gasteiger partial charge is 0.478 e. The lowest BCUT2D eigenvalue weighted by Crippen LogP contribution is -2.40. The second-order valence-corrected chi connectivity index (χ2v) is 5.46. The number of likely N-dealkylation sites (tertiary alicyclic amines) is 1. The lowest BCUT2D eigenvalue weighted by molar-refractivity contribution is 0.0698. The number of nitrogens with zero attached hydrogens (tertiary/aromatic N) is 1.